The normalized spacial score (nSPS) is 9.86. The molecule has 1 aromatic heterocycles. The molecule has 2 rings (SSSR count). The van der Waals surface area contributed by atoms with Crippen LogP contribution in [0.3, 0.4) is 0 Å². The van der Waals surface area contributed by atoms with Crippen LogP contribution in [-0.2, 0) is 6.61 Å². The van der Waals surface area contributed by atoms with Gasteiger partial charge in [0.1, 0.15) is 18.2 Å². The van der Waals surface area contributed by atoms with E-state index in [1.807, 2.05) is 25.1 Å². The van der Waals surface area contributed by atoms with Gasteiger partial charge in [0.05, 0.1) is 6.20 Å². The van der Waals surface area contributed by atoms with Gasteiger partial charge in [-0.05, 0) is 36.8 Å². The van der Waals surface area contributed by atoms with E-state index in [9.17, 15) is 4.39 Å². The second-order valence-electron chi connectivity index (χ2n) is 4.52. The molecule has 0 unspecified atom stereocenters. The van der Waals surface area contributed by atoms with Crippen LogP contribution in [0.4, 0.5) is 4.39 Å². The molecule has 0 saturated heterocycles. The van der Waals surface area contributed by atoms with Crippen LogP contribution in [0.5, 0.6) is 5.75 Å². The summed E-state index contributed by atoms with van der Waals surface area (Å²) in [5, 5.41) is 0. The molecule has 1 heterocycles. The molecule has 0 aliphatic carbocycles. The number of pyridine rings is 1. The molecule has 0 saturated carbocycles. The lowest BCUT2D eigenvalue weighted by atomic mass is 10.1. The van der Waals surface area contributed by atoms with Crippen LogP contribution in [0, 0.1) is 24.6 Å². The molecule has 108 valence electrons. The third-order valence-corrected chi connectivity index (χ3v) is 3.00. The largest absolute Gasteiger partial charge is 0.489 e. The van der Waals surface area contributed by atoms with Gasteiger partial charge >= 0.3 is 0 Å². The number of rotatable bonds is 4. The summed E-state index contributed by atoms with van der Waals surface area (Å²) >= 11 is 5.59. The molecule has 0 radical (unpaired) electrons. The number of ether oxygens (including phenoxy) is 1. The van der Waals surface area contributed by atoms with Crippen molar-refractivity contribution in [1.82, 2.24) is 4.98 Å². The van der Waals surface area contributed by atoms with Gasteiger partial charge in [-0.15, -0.1) is 11.6 Å². The van der Waals surface area contributed by atoms with Crippen molar-refractivity contribution in [1.29, 1.82) is 0 Å². The van der Waals surface area contributed by atoms with E-state index in [1.54, 1.807) is 6.20 Å². The van der Waals surface area contributed by atoms with Gasteiger partial charge in [0.15, 0.2) is 0 Å². The highest BCUT2D eigenvalue weighted by molar-refractivity contribution is 6.18. The van der Waals surface area contributed by atoms with Crippen molar-refractivity contribution in [3.05, 3.63) is 59.2 Å². The van der Waals surface area contributed by atoms with Gasteiger partial charge < -0.3 is 4.74 Å². The van der Waals surface area contributed by atoms with Gasteiger partial charge in [0, 0.05) is 29.6 Å². The number of hydrogen-bond donors (Lipinski definition) is 0. The molecule has 2 nitrogen and oxygen atoms in total. The minimum atomic E-state index is -0.364. The number of benzene rings is 1. The highest BCUT2D eigenvalue weighted by Crippen LogP contribution is 2.18. The molecule has 0 fully saturated rings. The summed E-state index contributed by atoms with van der Waals surface area (Å²) in [6.45, 7) is 2.25. The van der Waals surface area contributed by atoms with Crippen LogP contribution in [0.1, 0.15) is 23.1 Å². The number of aromatic nitrogens is 1. The van der Waals surface area contributed by atoms with Crippen molar-refractivity contribution in [2.24, 2.45) is 0 Å². The molecule has 0 aliphatic rings. The molecule has 0 N–H and O–H groups in total. The maximum absolute atomic E-state index is 13.0. The van der Waals surface area contributed by atoms with Gasteiger partial charge in [0.25, 0.3) is 0 Å². The minimum Gasteiger partial charge on any atom is -0.489 e. The first kappa shape index (κ1) is 15.3. The van der Waals surface area contributed by atoms with E-state index in [1.165, 1.54) is 12.3 Å². The van der Waals surface area contributed by atoms with Crippen molar-refractivity contribution < 1.29 is 9.13 Å². The fourth-order valence-corrected chi connectivity index (χ4v) is 1.87. The Labute approximate surface area is 128 Å². The second kappa shape index (κ2) is 7.66. The predicted octanol–water partition coefficient (Wildman–Crippen LogP) is 4.09. The minimum absolute atomic E-state index is 0.279. The third-order valence-electron chi connectivity index (χ3n) is 2.81. The molecular formula is C17H15ClFNO. The highest BCUT2D eigenvalue weighted by Gasteiger charge is 2.01. The Hall–Kier alpha value is -2.05. The zero-order chi connectivity index (χ0) is 15.1. The molecule has 0 amide bonds. The van der Waals surface area contributed by atoms with E-state index in [0.29, 0.717) is 17.9 Å². The summed E-state index contributed by atoms with van der Waals surface area (Å²) in [7, 11) is 0. The molecule has 4 heteroatoms. The molecule has 0 atom stereocenters. The van der Waals surface area contributed by atoms with Crippen molar-refractivity contribution in [2.45, 2.75) is 20.0 Å². The summed E-state index contributed by atoms with van der Waals surface area (Å²) in [6, 6.07) is 7.09. The van der Waals surface area contributed by atoms with Crippen LogP contribution in [-0.4, -0.2) is 10.9 Å². The Morgan fingerprint density at radius 3 is 2.86 bits per heavy atom. The molecule has 21 heavy (non-hydrogen) atoms. The Kier molecular flexibility index (Phi) is 5.59. The summed E-state index contributed by atoms with van der Waals surface area (Å²) < 4.78 is 18.6. The van der Waals surface area contributed by atoms with E-state index < -0.39 is 0 Å². The summed E-state index contributed by atoms with van der Waals surface area (Å²) in [5.41, 5.74) is 2.69. The van der Waals surface area contributed by atoms with E-state index in [-0.39, 0.29) is 12.4 Å². The second-order valence-corrected chi connectivity index (χ2v) is 4.90. The van der Waals surface area contributed by atoms with Gasteiger partial charge in [-0.25, -0.2) is 4.39 Å². The number of halogens is 2. The summed E-state index contributed by atoms with van der Waals surface area (Å²) in [6.07, 6.45) is 3.43. The maximum Gasteiger partial charge on any atom is 0.141 e. The van der Waals surface area contributed by atoms with E-state index in [2.05, 4.69) is 16.8 Å². The van der Waals surface area contributed by atoms with Crippen LogP contribution in [0.2, 0.25) is 0 Å². The van der Waals surface area contributed by atoms with Crippen molar-refractivity contribution >= 4 is 11.6 Å². The Morgan fingerprint density at radius 2 is 2.14 bits per heavy atom. The first-order valence-electron chi connectivity index (χ1n) is 6.57. The quantitative estimate of drug-likeness (QED) is 0.627. The summed E-state index contributed by atoms with van der Waals surface area (Å²) in [5.74, 6) is 6.97. The van der Waals surface area contributed by atoms with Gasteiger partial charge in [-0.2, -0.15) is 0 Å². The van der Waals surface area contributed by atoms with Crippen molar-refractivity contribution in [3.63, 3.8) is 0 Å². The molecule has 0 spiro atoms. The molecular weight excluding hydrogens is 289 g/mol. The van der Waals surface area contributed by atoms with Crippen LogP contribution >= 0.6 is 11.6 Å². The van der Waals surface area contributed by atoms with Crippen LogP contribution in [0.15, 0.2) is 36.7 Å². The molecule has 1 aromatic carbocycles. The fourth-order valence-electron chi connectivity index (χ4n) is 1.77. The molecule has 0 bridgehead atoms. The van der Waals surface area contributed by atoms with Gasteiger partial charge in [0.2, 0.25) is 0 Å². The third kappa shape index (κ3) is 4.77. The lowest BCUT2D eigenvalue weighted by Crippen LogP contribution is -1.97. The zero-order valence-electron chi connectivity index (χ0n) is 11.7. The Balaban J connectivity index is 2.02. The topological polar surface area (TPSA) is 22.1 Å². The van der Waals surface area contributed by atoms with Crippen molar-refractivity contribution in [3.8, 4) is 17.6 Å². The van der Waals surface area contributed by atoms with Crippen LogP contribution < -0.4 is 4.74 Å². The first-order valence-corrected chi connectivity index (χ1v) is 7.10. The van der Waals surface area contributed by atoms with Gasteiger partial charge in [-0.1, -0.05) is 11.8 Å². The zero-order valence-corrected chi connectivity index (χ0v) is 12.5. The SMILES string of the molecule is Cc1cc(OCc2cncc(F)c2)ccc1C#CCCCl. The Morgan fingerprint density at radius 1 is 1.29 bits per heavy atom. The monoisotopic (exact) mass is 303 g/mol. The first-order chi connectivity index (χ1) is 10.2. The average molecular weight is 304 g/mol. The van der Waals surface area contributed by atoms with E-state index >= 15 is 0 Å². The molecule has 2 aromatic rings. The summed E-state index contributed by atoms with van der Waals surface area (Å²) in [4.78, 5) is 3.79. The molecule has 0 aliphatic heterocycles. The average Bonchev–Trinajstić information content (AvgIpc) is 2.47. The van der Waals surface area contributed by atoms with E-state index in [4.69, 9.17) is 16.3 Å². The fraction of sp³-hybridized carbons (Fsp3) is 0.235. The standard InChI is InChI=1S/C17H15ClFNO/c1-13-8-17(6-5-15(13)4-2-3-7-18)21-12-14-9-16(19)11-20-10-14/h5-6,8-11H,3,7,12H2,1H3. The smallest absolute Gasteiger partial charge is 0.141 e. The van der Waals surface area contributed by atoms with Crippen LogP contribution in [0.25, 0.3) is 0 Å². The number of hydrogen-bond acceptors (Lipinski definition) is 2. The van der Waals surface area contributed by atoms with Crippen molar-refractivity contribution in [2.75, 3.05) is 5.88 Å². The predicted molar refractivity (Wildman–Crippen MR) is 81.9 cm³/mol. The van der Waals surface area contributed by atoms with Gasteiger partial charge in [-0.3, -0.25) is 4.98 Å². The number of alkyl halides is 1. The number of nitrogens with zero attached hydrogens (tertiary/aromatic N) is 1. The van der Waals surface area contributed by atoms with E-state index in [0.717, 1.165) is 16.9 Å². The lowest BCUT2D eigenvalue weighted by molar-refractivity contribution is 0.305. The Bertz CT molecular complexity index is 676. The lowest BCUT2D eigenvalue weighted by Gasteiger charge is -2.08. The maximum atomic E-state index is 13.0. The number of aryl methyl sites for hydroxylation is 1. The highest BCUT2D eigenvalue weighted by atomic mass is 35.5.